The number of halogens is 1. The summed E-state index contributed by atoms with van der Waals surface area (Å²) in [6, 6.07) is 8.55. The van der Waals surface area contributed by atoms with Gasteiger partial charge in [-0.1, -0.05) is 51.4 Å². The molecule has 2 aliphatic heterocycles. The quantitative estimate of drug-likeness (QED) is 0.875. The fourth-order valence-electron chi connectivity index (χ4n) is 4.99. The van der Waals surface area contributed by atoms with Gasteiger partial charge in [-0.15, -0.1) is 0 Å². The number of hydrogen-bond acceptors (Lipinski definition) is 3. The molecule has 142 valence electrons. The Labute approximate surface area is 161 Å². The van der Waals surface area contributed by atoms with Gasteiger partial charge in [-0.3, -0.25) is 9.69 Å². The molecule has 0 bridgehead atoms. The number of amides is 1. The van der Waals surface area contributed by atoms with E-state index in [0.717, 1.165) is 31.1 Å². The number of nitrogens with one attached hydrogen (secondary N) is 1. The van der Waals surface area contributed by atoms with Gasteiger partial charge in [-0.2, -0.15) is 0 Å². The summed E-state index contributed by atoms with van der Waals surface area (Å²) < 4.78 is 6.10. The molecule has 1 saturated carbocycles. The Morgan fingerprint density at radius 3 is 2.42 bits per heavy atom. The largest absolute Gasteiger partial charge is 0.371 e. The van der Waals surface area contributed by atoms with Crippen LogP contribution >= 0.6 is 11.6 Å². The van der Waals surface area contributed by atoms with Crippen LogP contribution in [-0.2, 0) is 9.53 Å². The highest BCUT2D eigenvalue weighted by Gasteiger charge is 2.68. The standard InChI is InChI=1S/C21H29ClN2O2/c1-20(2)18(21(20,3)4)19(25)23-15-9-16-12-26-17(11-24(16)10-15)13-5-7-14(22)8-6-13/h5-8,15-18H,9-12H2,1-4H3,(H,23,25)/t15-,16-,17+/m0/s1. The lowest BCUT2D eigenvalue weighted by molar-refractivity contribution is -0.124. The minimum Gasteiger partial charge on any atom is -0.371 e. The number of benzene rings is 1. The molecule has 1 amide bonds. The maximum Gasteiger partial charge on any atom is 0.224 e. The summed E-state index contributed by atoms with van der Waals surface area (Å²) >= 11 is 5.99. The predicted octanol–water partition coefficient (Wildman–Crippen LogP) is 3.65. The first-order valence-corrected chi connectivity index (χ1v) is 9.99. The zero-order chi connectivity index (χ0) is 18.7. The Morgan fingerprint density at radius 2 is 1.81 bits per heavy atom. The normalized spacial score (nSPS) is 32.9. The van der Waals surface area contributed by atoms with Crippen molar-refractivity contribution >= 4 is 17.5 Å². The molecule has 1 aromatic rings. The molecular weight excluding hydrogens is 348 g/mol. The van der Waals surface area contributed by atoms with Crippen molar-refractivity contribution in [2.45, 2.75) is 52.3 Å². The van der Waals surface area contributed by atoms with Crippen LogP contribution in [0, 0.1) is 16.7 Å². The monoisotopic (exact) mass is 376 g/mol. The van der Waals surface area contributed by atoms with E-state index in [1.807, 2.05) is 24.3 Å². The van der Waals surface area contributed by atoms with Gasteiger partial charge in [0.05, 0.1) is 12.7 Å². The molecule has 4 nitrogen and oxygen atoms in total. The Hall–Kier alpha value is -1.10. The van der Waals surface area contributed by atoms with Crippen LogP contribution in [0.3, 0.4) is 0 Å². The van der Waals surface area contributed by atoms with Gasteiger partial charge in [0.15, 0.2) is 0 Å². The van der Waals surface area contributed by atoms with Crippen molar-refractivity contribution in [2.75, 3.05) is 19.7 Å². The molecule has 26 heavy (non-hydrogen) atoms. The van der Waals surface area contributed by atoms with Crippen molar-refractivity contribution in [3.63, 3.8) is 0 Å². The van der Waals surface area contributed by atoms with Crippen LogP contribution in [0.4, 0.5) is 0 Å². The van der Waals surface area contributed by atoms with Gasteiger partial charge in [0, 0.05) is 36.1 Å². The summed E-state index contributed by atoms with van der Waals surface area (Å²) in [7, 11) is 0. The van der Waals surface area contributed by atoms with Gasteiger partial charge in [0.2, 0.25) is 5.91 Å². The van der Waals surface area contributed by atoms with E-state index in [2.05, 4.69) is 37.9 Å². The topological polar surface area (TPSA) is 41.6 Å². The zero-order valence-electron chi connectivity index (χ0n) is 16.1. The Balaban J connectivity index is 1.35. The fourth-order valence-corrected chi connectivity index (χ4v) is 5.12. The highest BCUT2D eigenvalue weighted by molar-refractivity contribution is 6.30. The van der Waals surface area contributed by atoms with E-state index in [1.54, 1.807) is 0 Å². The van der Waals surface area contributed by atoms with E-state index in [0.29, 0.717) is 6.04 Å². The molecule has 2 saturated heterocycles. The summed E-state index contributed by atoms with van der Waals surface area (Å²) in [5.74, 6) is 0.339. The average Bonchev–Trinajstić information content (AvgIpc) is 2.84. The van der Waals surface area contributed by atoms with Crippen molar-refractivity contribution in [1.82, 2.24) is 10.2 Å². The molecule has 3 atom stereocenters. The first kappa shape index (κ1) is 18.3. The SMILES string of the molecule is CC1(C)C(C(=O)N[C@H]2C[C@H]3CO[C@@H](c4ccc(Cl)cc4)CN3C2)C1(C)C. The first-order valence-electron chi connectivity index (χ1n) is 9.61. The zero-order valence-corrected chi connectivity index (χ0v) is 16.8. The van der Waals surface area contributed by atoms with E-state index in [-0.39, 0.29) is 34.8 Å². The van der Waals surface area contributed by atoms with Gasteiger partial charge < -0.3 is 10.1 Å². The molecule has 0 radical (unpaired) electrons. The number of rotatable bonds is 3. The van der Waals surface area contributed by atoms with Gasteiger partial charge >= 0.3 is 0 Å². The molecule has 5 heteroatoms. The van der Waals surface area contributed by atoms with Crippen LogP contribution in [0.5, 0.6) is 0 Å². The second kappa shape index (κ2) is 6.22. The molecule has 1 aromatic carbocycles. The van der Waals surface area contributed by atoms with Crippen LogP contribution in [0.25, 0.3) is 0 Å². The molecule has 0 aromatic heterocycles. The number of ether oxygens (including phenoxy) is 1. The van der Waals surface area contributed by atoms with E-state index in [4.69, 9.17) is 16.3 Å². The molecular formula is C21H29ClN2O2. The molecule has 3 fully saturated rings. The highest BCUT2D eigenvalue weighted by Crippen LogP contribution is 2.68. The van der Waals surface area contributed by atoms with E-state index < -0.39 is 0 Å². The smallest absolute Gasteiger partial charge is 0.224 e. The lowest BCUT2D eigenvalue weighted by Crippen LogP contribution is -2.43. The average molecular weight is 377 g/mol. The lowest BCUT2D eigenvalue weighted by Gasteiger charge is -2.35. The molecule has 1 aliphatic carbocycles. The molecule has 0 spiro atoms. The summed E-state index contributed by atoms with van der Waals surface area (Å²) in [6.07, 6.45) is 1.06. The second-order valence-electron chi connectivity index (χ2n) is 9.30. The van der Waals surface area contributed by atoms with Crippen LogP contribution in [0.1, 0.15) is 45.8 Å². The molecule has 1 N–H and O–H groups in total. The van der Waals surface area contributed by atoms with Crippen molar-refractivity contribution in [2.24, 2.45) is 16.7 Å². The Kier molecular flexibility index (Phi) is 4.37. The third-order valence-corrected chi connectivity index (χ3v) is 7.54. The van der Waals surface area contributed by atoms with Crippen molar-refractivity contribution in [3.8, 4) is 0 Å². The first-order chi connectivity index (χ1) is 12.2. The van der Waals surface area contributed by atoms with Gasteiger partial charge in [0.1, 0.15) is 0 Å². The number of carbonyl (C=O) groups is 1. The molecule has 2 heterocycles. The second-order valence-corrected chi connectivity index (χ2v) is 9.74. The van der Waals surface area contributed by atoms with Crippen molar-refractivity contribution < 1.29 is 9.53 Å². The lowest BCUT2D eigenvalue weighted by atomic mass is 10.0. The van der Waals surface area contributed by atoms with E-state index in [9.17, 15) is 4.79 Å². The summed E-state index contributed by atoms with van der Waals surface area (Å²) in [5.41, 5.74) is 1.35. The molecule has 3 aliphatic rings. The Bertz CT molecular complexity index is 686. The van der Waals surface area contributed by atoms with Crippen LogP contribution in [0.2, 0.25) is 5.02 Å². The molecule has 0 unspecified atom stereocenters. The number of hydrogen-bond donors (Lipinski definition) is 1. The Morgan fingerprint density at radius 1 is 1.15 bits per heavy atom. The predicted molar refractivity (Wildman–Crippen MR) is 103 cm³/mol. The summed E-state index contributed by atoms with van der Waals surface area (Å²) in [5, 5.41) is 4.06. The van der Waals surface area contributed by atoms with Crippen molar-refractivity contribution in [1.29, 1.82) is 0 Å². The van der Waals surface area contributed by atoms with E-state index >= 15 is 0 Å². The van der Waals surface area contributed by atoms with Crippen LogP contribution in [-0.4, -0.2) is 42.6 Å². The number of nitrogens with zero attached hydrogens (tertiary/aromatic N) is 1. The van der Waals surface area contributed by atoms with Crippen LogP contribution in [0.15, 0.2) is 24.3 Å². The maximum absolute atomic E-state index is 12.7. The minimum atomic E-state index is 0.0827. The van der Waals surface area contributed by atoms with Gasteiger partial charge in [-0.05, 0) is 34.9 Å². The fraction of sp³-hybridized carbons (Fsp3) is 0.667. The highest BCUT2D eigenvalue weighted by atomic mass is 35.5. The third kappa shape index (κ3) is 2.96. The van der Waals surface area contributed by atoms with Crippen molar-refractivity contribution in [3.05, 3.63) is 34.9 Å². The van der Waals surface area contributed by atoms with Gasteiger partial charge in [-0.25, -0.2) is 0 Å². The van der Waals surface area contributed by atoms with Gasteiger partial charge in [0.25, 0.3) is 0 Å². The van der Waals surface area contributed by atoms with Crippen LogP contribution < -0.4 is 5.32 Å². The van der Waals surface area contributed by atoms with E-state index in [1.165, 1.54) is 5.56 Å². The number of morpholine rings is 1. The minimum absolute atomic E-state index is 0.0827. The maximum atomic E-state index is 12.7. The third-order valence-electron chi connectivity index (χ3n) is 7.29. The molecule has 4 rings (SSSR count). The summed E-state index contributed by atoms with van der Waals surface area (Å²) in [6.45, 7) is 11.3. The summed E-state index contributed by atoms with van der Waals surface area (Å²) in [4.78, 5) is 15.2. The number of carbonyl (C=O) groups excluding carboxylic acids is 1. The number of fused-ring (bicyclic) bond motifs is 1.